The Morgan fingerprint density at radius 2 is 2.12 bits per heavy atom. The van der Waals surface area contributed by atoms with Crippen molar-refractivity contribution in [2.45, 2.75) is 20.3 Å². The highest BCUT2D eigenvalue weighted by atomic mass is 16.6. The molecule has 0 heterocycles. The van der Waals surface area contributed by atoms with Gasteiger partial charge in [-0.25, -0.2) is 0 Å². The predicted octanol–water partition coefficient (Wildman–Crippen LogP) is 2.87. The van der Waals surface area contributed by atoms with Crippen molar-refractivity contribution >= 4 is 17.1 Å². The van der Waals surface area contributed by atoms with Crippen molar-refractivity contribution in [3.8, 4) is 0 Å². The summed E-state index contributed by atoms with van der Waals surface area (Å²) in [5.41, 5.74) is 1.40. The van der Waals surface area contributed by atoms with Crippen LogP contribution < -0.4 is 10.2 Å². The summed E-state index contributed by atoms with van der Waals surface area (Å²) in [6.45, 7) is 5.45. The van der Waals surface area contributed by atoms with E-state index in [-0.39, 0.29) is 10.6 Å². The lowest BCUT2D eigenvalue weighted by Gasteiger charge is -2.19. The molecule has 5 heteroatoms. The van der Waals surface area contributed by atoms with E-state index in [4.69, 9.17) is 0 Å². The monoisotopic (exact) mass is 237 g/mol. The number of nitrogens with one attached hydrogen (secondary N) is 1. The molecule has 1 aromatic rings. The highest BCUT2D eigenvalue weighted by Crippen LogP contribution is 2.34. The third kappa shape index (κ3) is 3.09. The number of nitro groups is 1. The molecule has 0 aliphatic carbocycles. The van der Waals surface area contributed by atoms with E-state index >= 15 is 0 Å². The van der Waals surface area contributed by atoms with Gasteiger partial charge in [0.1, 0.15) is 11.4 Å². The van der Waals surface area contributed by atoms with Gasteiger partial charge in [-0.05, 0) is 25.5 Å². The van der Waals surface area contributed by atoms with E-state index in [1.807, 2.05) is 24.9 Å². The SMILES string of the molecule is CCCN(C)c1cccc(NCC)c1[N+](=O)[O-]. The summed E-state index contributed by atoms with van der Waals surface area (Å²) in [4.78, 5) is 12.8. The van der Waals surface area contributed by atoms with Gasteiger partial charge in [-0.1, -0.05) is 13.0 Å². The molecule has 0 aliphatic rings. The van der Waals surface area contributed by atoms with Gasteiger partial charge in [0.25, 0.3) is 0 Å². The zero-order valence-corrected chi connectivity index (χ0v) is 10.6. The lowest BCUT2D eigenvalue weighted by Crippen LogP contribution is -2.19. The smallest absolute Gasteiger partial charge is 0.315 e. The van der Waals surface area contributed by atoms with Crippen molar-refractivity contribution in [2.75, 3.05) is 30.4 Å². The Hall–Kier alpha value is -1.78. The summed E-state index contributed by atoms with van der Waals surface area (Å²) < 4.78 is 0. The first-order valence-corrected chi connectivity index (χ1v) is 5.84. The van der Waals surface area contributed by atoms with E-state index in [0.717, 1.165) is 13.0 Å². The fourth-order valence-electron chi connectivity index (χ4n) is 1.82. The normalized spacial score (nSPS) is 10.1. The number of hydrogen-bond acceptors (Lipinski definition) is 4. The number of nitrogens with zero attached hydrogens (tertiary/aromatic N) is 2. The Labute approximate surface area is 102 Å². The number of hydrogen-bond donors (Lipinski definition) is 1. The first-order chi connectivity index (χ1) is 8.11. The molecule has 0 unspecified atom stereocenters. The summed E-state index contributed by atoms with van der Waals surface area (Å²) in [6.07, 6.45) is 0.957. The molecular weight excluding hydrogens is 218 g/mol. The van der Waals surface area contributed by atoms with Crippen molar-refractivity contribution in [3.63, 3.8) is 0 Å². The first kappa shape index (κ1) is 13.3. The number of anilines is 2. The Balaban J connectivity index is 3.19. The van der Waals surface area contributed by atoms with Crippen LogP contribution in [-0.2, 0) is 0 Å². The zero-order valence-electron chi connectivity index (χ0n) is 10.6. The molecule has 0 spiro atoms. The van der Waals surface area contributed by atoms with E-state index in [0.29, 0.717) is 17.9 Å². The average molecular weight is 237 g/mol. The van der Waals surface area contributed by atoms with Crippen molar-refractivity contribution in [3.05, 3.63) is 28.3 Å². The van der Waals surface area contributed by atoms with E-state index < -0.39 is 0 Å². The Bertz CT molecular complexity index is 393. The number of para-hydroxylation sites is 1. The van der Waals surface area contributed by atoms with E-state index in [9.17, 15) is 10.1 Å². The molecule has 0 aromatic heterocycles. The summed E-state index contributed by atoms with van der Waals surface area (Å²) in [6, 6.07) is 5.37. The van der Waals surface area contributed by atoms with Gasteiger partial charge in [-0.3, -0.25) is 10.1 Å². The highest BCUT2D eigenvalue weighted by molar-refractivity contribution is 5.76. The van der Waals surface area contributed by atoms with Crippen LogP contribution in [0.1, 0.15) is 20.3 Å². The minimum atomic E-state index is -0.320. The third-order valence-corrected chi connectivity index (χ3v) is 2.53. The van der Waals surface area contributed by atoms with Crippen LogP contribution in [0.15, 0.2) is 18.2 Å². The molecule has 1 rings (SSSR count). The van der Waals surface area contributed by atoms with Gasteiger partial charge in [0, 0.05) is 20.1 Å². The Morgan fingerprint density at radius 3 is 2.65 bits per heavy atom. The molecule has 17 heavy (non-hydrogen) atoms. The standard InChI is InChI=1S/C12H19N3O2/c1-4-9-14(3)11-8-6-7-10(13-5-2)12(11)15(16)17/h6-8,13H,4-5,9H2,1-3H3. The number of rotatable bonds is 6. The average Bonchev–Trinajstić information content (AvgIpc) is 2.29. The predicted molar refractivity (Wildman–Crippen MR) is 70.8 cm³/mol. The lowest BCUT2D eigenvalue weighted by molar-refractivity contribution is -0.383. The van der Waals surface area contributed by atoms with Crippen LogP contribution in [-0.4, -0.2) is 25.1 Å². The zero-order chi connectivity index (χ0) is 12.8. The van der Waals surface area contributed by atoms with Crippen LogP contribution in [0.5, 0.6) is 0 Å². The van der Waals surface area contributed by atoms with Gasteiger partial charge in [-0.15, -0.1) is 0 Å². The van der Waals surface area contributed by atoms with Gasteiger partial charge < -0.3 is 10.2 Å². The molecule has 0 saturated carbocycles. The van der Waals surface area contributed by atoms with Crippen LogP contribution >= 0.6 is 0 Å². The van der Waals surface area contributed by atoms with Gasteiger partial charge in [0.2, 0.25) is 0 Å². The van der Waals surface area contributed by atoms with Crippen LogP contribution in [0.2, 0.25) is 0 Å². The van der Waals surface area contributed by atoms with Gasteiger partial charge in [0.05, 0.1) is 4.92 Å². The maximum Gasteiger partial charge on any atom is 0.315 e. The molecule has 0 fully saturated rings. The summed E-state index contributed by atoms with van der Waals surface area (Å²) in [7, 11) is 1.88. The van der Waals surface area contributed by atoms with Crippen molar-refractivity contribution in [2.24, 2.45) is 0 Å². The Morgan fingerprint density at radius 1 is 1.41 bits per heavy atom. The summed E-state index contributed by atoms with van der Waals surface area (Å²) in [5.74, 6) is 0. The fourth-order valence-corrected chi connectivity index (χ4v) is 1.82. The van der Waals surface area contributed by atoms with Crippen LogP contribution in [0.3, 0.4) is 0 Å². The largest absolute Gasteiger partial charge is 0.380 e. The molecule has 0 amide bonds. The van der Waals surface area contributed by atoms with Gasteiger partial charge in [-0.2, -0.15) is 0 Å². The summed E-state index contributed by atoms with van der Waals surface area (Å²) in [5, 5.41) is 14.2. The minimum Gasteiger partial charge on any atom is -0.380 e. The molecule has 0 saturated heterocycles. The molecule has 1 N–H and O–H groups in total. The van der Waals surface area contributed by atoms with Crippen molar-refractivity contribution in [1.29, 1.82) is 0 Å². The highest BCUT2D eigenvalue weighted by Gasteiger charge is 2.21. The van der Waals surface area contributed by atoms with Crippen LogP contribution in [0, 0.1) is 10.1 Å². The number of benzene rings is 1. The second-order valence-electron chi connectivity index (χ2n) is 3.88. The lowest BCUT2D eigenvalue weighted by atomic mass is 10.2. The molecule has 1 aromatic carbocycles. The molecule has 94 valence electrons. The molecule has 0 aliphatic heterocycles. The molecule has 5 nitrogen and oxygen atoms in total. The topological polar surface area (TPSA) is 58.4 Å². The molecular formula is C12H19N3O2. The van der Waals surface area contributed by atoms with Gasteiger partial charge in [0.15, 0.2) is 0 Å². The Kier molecular flexibility index (Phi) is 4.75. The fraction of sp³-hybridized carbons (Fsp3) is 0.500. The molecule has 0 bridgehead atoms. The van der Waals surface area contributed by atoms with Crippen molar-refractivity contribution in [1.82, 2.24) is 0 Å². The second kappa shape index (κ2) is 6.08. The quantitative estimate of drug-likeness (QED) is 0.610. The molecule has 0 radical (unpaired) electrons. The minimum absolute atomic E-state index is 0.158. The van der Waals surface area contributed by atoms with E-state index in [2.05, 4.69) is 12.2 Å². The van der Waals surface area contributed by atoms with E-state index in [1.165, 1.54) is 0 Å². The van der Waals surface area contributed by atoms with Crippen LogP contribution in [0.4, 0.5) is 17.1 Å². The van der Waals surface area contributed by atoms with Crippen LogP contribution in [0.25, 0.3) is 0 Å². The number of nitro benzene ring substituents is 1. The third-order valence-electron chi connectivity index (χ3n) is 2.53. The first-order valence-electron chi connectivity index (χ1n) is 5.84. The van der Waals surface area contributed by atoms with Gasteiger partial charge >= 0.3 is 5.69 Å². The maximum atomic E-state index is 11.2. The second-order valence-corrected chi connectivity index (χ2v) is 3.88. The van der Waals surface area contributed by atoms with E-state index in [1.54, 1.807) is 12.1 Å². The summed E-state index contributed by atoms with van der Waals surface area (Å²) >= 11 is 0. The maximum absolute atomic E-state index is 11.2. The van der Waals surface area contributed by atoms with Crippen molar-refractivity contribution < 1.29 is 4.92 Å². The molecule has 0 atom stereocenters.